The maximum absolute atomic E-state index is 12.7. The first-order chi connectivity index (χ1) is 12.6. The number of rotatable bonds is 5. The van der Waals surface area contributed by atoms with Crippen molar-refractivity contribution in [2.24, 2.45) is 0 Å². The molecule has 2 aromatic heterocycles. The topological polar surface area (TPSA) is 88.7 Å². The van der Waals surface area contributed by atoms with E-state index in [2.05, 4.69) is 5.10 Å². The Balaban J connectivity index is 1.63. The standard InChI is InChI=1S/C18H22N4O4/c1-2-3-8-22-16(23)7-6-14(19-22)17(24)20-9-11-21(12-10-20)18(25)15-5-4-13-26-15/h4-7,13H,2-3,8-12H2,1H3. The van der Waals surface area contributed by atoms with Gasteiger partial charge in [-0.1, -0.05) is 13.3 Å². The first-order valence-electron chi connectivity index (χ1n) is 8.80. The van der Waals surface area contributed by atoms with Gasteiger partial charge in [0.15, 0.2) is 5.76 Å². The lowest BCUT2D eigenvalue weighted by Crippen LogP contribution is -2.50. The second-order valence-corrected chi connectivity index (χ2v) is 6.20. The fourth-order valence-electron chi connectivity index (χ4n) is 2.86. The van der Waals surface area contributed by atoms with Gasteiger partial charge in [0.2, 0.25) is 0 Å². The van der Waals surface area contributed by atoms with E-state index < -0.39 is 0 Å². The van der Waals surface area contributed by atoms with Gasteiger partial charge in [0.1, 0.15) is 5.69 Å². The Morgan fingerprint density at radius 2 is 1.77 bits per heavy atom. The normalized spacial score (nSPS) is 14.5. The lowest BCUT2D eigenvalue weighted by Gasteiger charge is -2.34. The van der Waals surface area contributed by atoms with Crippen molar-refractivity contribution in [2.45, 2.75) is 26.3 Å². The molecule has 0 atom stereocenters. The predicted molar refractivity (Wildman–Crippen MR) is 93.9 cm³/mol. The molecule has 138 valence electrons. The summed E-state index contributed by atoms with van der Waals surface area (Å²) in [5, 5.41) is 4.20. The number of amides is 2. The van der Waals surface area contributed by atoms with Crippen LogP contribution in [0.1, 0.15) is 40.8 Å². The molecule has 3 rings (SSSR count). The predicted octanol–water partition coefficient (Wildman–Crippen LogP) is 1.23. The second kappa shape index (κ2) is 7.99. The van der Waals surface area contributed by atoms with E-state index in [9.17, 15) is 14.4 Å². The molecule has 2 amide bonds. The number of aromatic nitrogens is 2. The third-order valence-electron chi connectivity index (χ3n) is 4.40. The Labute approximate surface area is 151 Å². The molecule has 0 N–H and O–H groups in total. The van der Waals surface area contributed by atoms with Gasteiger partial charge in [0, 0.05) is 38.8 Å². The highest BCUT2D eigenvalue weighted by molar-refractivity contribution is 5.93. The fraction of sp³-hybridized carbons (Fsp3) is 0.444. The van der Waals surface area contributed by atoms with Crippen LogP contribution < -0.4 is 5.56 Å². The summed E-state index contributed by atoms with van der Waals surface area (Å²) in [5.41, 5.74) is 0.0513. The van der Waals surface area contributed by atoms with Crippen LogP contribution in [-0.4, -0.2) is 57.6 Å². The first-order valence-corrected chi connectivity index (χ1v) is 8.80. The Morgan fingerprint density at radius 1 is 1.08 bits per heavy atom. The zero-order chi connectivity index (χ0) is 18.5. The third-order valence-corrected chi connectivity index (χ3v) is 4.40. The molecule has 3 heterocycles. The van der Waals surface area contributed by atoms with Crippen LogP contribution in [0.15, 0.2) is 39.7 Å². The van der Waals surface area contributed by atoms with Crippen molar-refractivity contribution in [3.05, 3.63) is 52.3 Å². The van der Waals surface area contributed by atoms with Gasteiger partial charge in [-0.15, -0.1) is 0 Å². The number of nitrogens with zero attached hydrogens (tertiary/aromatic N) is 4. The lowest BCUT2D eigenvalue weighted by atomic mass is 10.2. The molecular formula is C18H22N4O4. The van der Waals surface area contributed by atoms with Crippen molar-refractivity contribution in [3.63, 3.8) is 0 Å². The van der Waals surface area contributed by atoms with Gasteiger partial charge in [-0.25, -0.2) is 4.68 Å². The van der Waals surface area contributed by atoms with Crippen LogP contribution in [0.4, 0.5) is 0 Å². The first kappa shape index (κ1) is 17.9. The molecule has 0 aromatic carbocycles. The van der Waals surface area contributed by atoms with E-state index in [1.54, 1.807) is 21.9 Å². The van der Waals surface area contributed by atoms with E-state index in [1.807, 2.05) is 6.92 Å². The summed E-state index contributed by atoms with van der Waals surface area (Å²) in [6, 6.07) is 6.15. The summed E-state index contributed by atoms with van der Waals surface area (Å²) < 4.78 is 6.48. The largest absolute Gasteiger partial charge is 0.459 e. The maximum atomic E-state index is 12.7. The molecule has 1 aliphatic rings. The van der Waals surface area contributed by atoms with E-state index in [0.717, 1.165) is 12.8 Å². The summed E-state index contributed by atoms with van der Waals surface area (Å²) >= 11 is 0. The Morgan fingerprint density at radius 3 is 2.38 bits per heavy atom. The molecule has 1 fully saturated rings. The third kappa shape index (κ3) is 3.84. The van der Waals surface area contributed by atoms with Gasteiger partial charge < -0.3 is 14.2 Å². The van der Waals surface area contributed by atoms with Gasteiger partial charge in [-0.05, 0) is 24.6 Å². The van der Waals surface area contributed by atoms with Crippen LogP contribution in [-0.2, 0) is 6.54 Å². The minimum Gasteiger partial charge on any atom is -0.459 e. The van der Waals surface area contributed by atoms with Gasteiger partial charge in [-0.2, -0.15) is 5.10 Å². The van der Waals surface area contributed by atoms with Crippen LogP contribution in [0.3, 0.4) is 0 Å². The highest BCUT2D eigenvalue weighted by atomic mass is 16.3. The quantitative estimate of drug-likeness (QED) is 0.802. The molecule has 1 saturated heterocycles. The molecule has 2 aromatic rings. The van der Waals surface area contributed by atoms with Crippen molar-refractivity contribution < 1.29 is 14.0 Å². The van der Waals surface area contributed by atoms with Gasteiger partial charge in [0.25, 0.3) is 17.4 Å². The molecule has 0 bridgehead atoms. The molecular weight excluding hydrogens is 336 g/mol. The van der Waals surface area contributed by atoms with E-state index in [4.69, 9.17) is 4.42 Å². The summed E-state index contributed by atoms with van der Waals surface area (Å²) in [6.07, 6.45) is 3.24. The number of carbonyl (C=O) groups is 2. The summed E-state index contributed by atoms with van der Waals surface area (Å²) in [7, 11) is 0. The number of carbonyl (C=O) groups excluding carboxylic acids is 2. The minimum atomic E-state index is -0.222. The number of hydrogen-bond acceptors (Lipinski definition) is 5. The number of furan rings is 1. The fourth-order valence-corrected chi connectivity index (χ4v) is 2.86. The van der Waals surface area contributed by atoms with Crippen molar-refractivity contribution in [1.82, 2.24) is 19.6 Å². The molecule has 0 aliphatic carbocycles. The summed E-state index contributed by atoms with van der Waals surface area (Å²) in [4.78, 5) is 40.1. The number of unbranched alkanes of at least 4 members (excludes halogenated alkanes) is 1. The molecule has 0 radical (unpaired) electrons. The maximum Gasteiger partial charge on any atom is 0.289 e. The van der Waals surface area contributed by atoms with E-state index in [-0.39, 0.29) is 23.1 Å². The highest BCUT2D eigenvalue weighted by Gasteiger charge is 2.27. The molecule has 8 heteroatoms. The van der Waals surface area contributed by atoms with Crippen molar-refractivity contribution in [1.29, 1.82) is 0 Å². The van der Waals surface area contributed by atoms with Gasteiger partial charge in [-0.3, -0.25) is 14.4 Å². The summed E-state index contributed by atoms with van der Waals surface area (Å²) in [5.74, 6) is -0.0943. The van der Waals surface area contributed by atoms with E-state index in [0.29, 0.717) is 38.5 Å². The smallest absolute Gasteiger partial charge is 0.289 e. The Bertz CT molecular complexity index is 820. The van der Waals surface area contributed by atoms with E-state index >= 15 is 0 Å². The monoisotopic (exact) mass is 358 g/mol. The van der Waals surface area contributed by atoms with Crippen LogP contribution in [0, 0.1) is 0 Å². The molecule has 0 saturated carbocycles. The van der Waals surface area contributed by atoms with E-state index in [1.165, 1.54) is 23.1 Å². The van der Waals surface area contributed by atoms with Crippen LogP contribution in [0.2, 0.25) is 0 Å². The van der Waals surface area contributed by atoms with Crippen LogP contribution in [0.5, 0.6) is 0 Å². The highest BCUT2D eigenvalue weighted by Crippen LogP contribution is 2.11. The Hall–Kier alpha value is -2.90. The van der Waals surface area contributed by atoms with Crippen LogP contribution >= 0.6 is 0 Å². The van der Waals surface area contributed by atoms with Gasteiger partial charge >= 0.3 is 0 Å². The average molecular weight is 358 g/mol. The second-order valence-electron chi connectivity index (χ2n) is 6.20. The zero-order valence-electron chi connectivity index (χ0n) is 14.8. The number of piperazine rings is 1. The molecule has 0 unspecified atom stereocenters. The lowest BCUT2D eigenvalue weighted by molar-refractivity contribution is 0.0514. The number of aryl methyl sites for hydroxylation is 1. The average Bonchev–Trinajstić information content (AvgIpc) is 3.21. The van der Waals surface area contributed by atoms with Crippen LogP contribution in [0.25, 0.3) is 0 Å². The Kier molecular flexibility index (Phi) is 5.50. The SMILES string of the molecule is CCCCn1nc(C(=O)N2CCN(C(=O)c3ccco3)CC2)ccc1=O. The van der Waals surface area contributed by atoms with Crippen molar-refractivity contribution >= 4 is 11.8 Å². The summed E-state index contributed by atoms with van der Waals surface area (Å²) in [6.45, 7) is 4.23. The van der Waals surface area contributed by atoms with Crippen molar-refractivity contribution in [2.75, 3.05) is 26.2 Å². The molecule has 0 spiro atoms. The number of hydrogen-bond donors (Lipinski definition) is 0. The van der Waals surface area contributed by atoms with Crippen molar-refractivity contribution in [3.8, 4) is 0 Å². The molecule has 8 nitrogen and oxygen atoms in total. The molecule has 26 heavy (non-hydrogen) atoms. The minimum absolute atomic E-state index is 0.173. The van der Waals surface area contributed by atoms with Gasteiger partial charge in [0.05, 0.1) is 6.26 Å². The zero-order valence-corrected chi connectivity index (χ0v) is 14.8. The molecule has 1 aliphatic heterocycles.